The van der Waals surface area contributed by atoms with Gasteiger partial charge >= 0.3 is 5.97 Å². The summed E-state index contributed by atoms with van der Waals surface area (Å²) in [5, 5.41) is 8.89. The zero-order chi connectivity index (χ0) is 15.1. The van der Waals surface area contributed by atoms with Gasteiger partial charge in [0.15, 0.2) is 0 Å². The van der Waals surface area contributed by atoms with E-state index in [4.69, 9.17) is 9.84 Å². The molecule has 1 aromatic rings. The number of carbonyl (C=O) groups is 1. The highest BCUT2D eigenvalue weighted by molar-refractivity contribution is 5.67. The molecule has 0 aliphatic rings. The van der Waals surface area contributed by atoms with Crippen LogP contribution in [0.15, 0.2) is 24.3 Å². The van der Waals surface area contributed by atoms with Crippen LogP contribution in [-0.2, 0) is 11.3 Å². The summed E-state index contributed by atoms with van der Waals surface area (Å²) in [4.78, 5) is 13.0. The first-order valence-corrected chi connectivity index (χ1v) is 7.13. The van der Waals surface area contributed by atoms with Gasteiger partial charge in [0.05, 0.1) is 12.5 Å². The minimum atomic E-state index is -0.757. The molecular formula is C16H25NO3. The van der Waals surface area contributed by atoms with E-state index in [1.807, 2.05) is 52.0 Å². The highest BCUT2D eigenvalue weighted by Gasteiger charge is 2.15. The van der Waals surface area contributed by atoms with Gasteiger partial charge in [0, 0.05) is 12.6 Å². The van der Waals surface area contributed by atoms with Gasteiger partial charge in [0.2, 0.25) is 0 Å². The quantitative estimate of drug-likeness (QED) is 0.794. The van der Waals surface area contributed by atoms with Gasteiger partial charge in [-0.05, 0) is 45.0 Å². The van der Waals surface area contributed by atoms with Crippen molar-refractivity contribution < 1.29 is 14.6 Å². The lowest BCUT2D eigenvalue weighted by Gasteiger charge is -2.27. The van der Waals surface area contributed by atoms with Crippen LogP contribution in [0.25, 0.3) is 0 Å². The van der Waals surface area contributed by atoms with Gasteiger partial charge in [-0.15, -0.1) is 0 Å². The number of hydrogen-bond donors (Lipinski definition) is 1. The molecule has 1 atom stereocenters. The van der Waals surface area contributed by atoms with Gasteiger partial charge in [0.1, 0.15) is 5.75 Å². The van der Waals surface area contributed by atoms with Crippen molar-refractivity contribution in [2.75, 3.05) is 6.54 Å². The van der Waals surface area contributed by atoms with E-state index in [-0.39, 0.29) is 18.6 Å². The molecule has 0 radical (unpaired) electrons. The second-order valence-corrected chi connectivity index (χ2v) is 5.32. The molecule has 0 aliphatic heterocycles. The van der Waals surface area contributed by atoms with E-state index < -0.39 is 5.97 Å². The molecule has 0 saturated carbocycles. The first kappa shape index (κ1) is 16.5. The highest BCUT2D eigenvalue weighted by atomic mass is 16.5. The molecular weight excluding hydrogens is 254 g/mol. The smallest absolute Gasteiger partial charge is 0.304 e. The number of carboxylic acids is 1. The summed E-state index contributed by atoms with van der Waals surface area (Å²) in [6.45, 7) is 9.56. The SMILES string of the molecule is CCN(Cc1cccc(OC(C)C)c1)C(C)CC(=O)O. The summed E-state index contributed by atoms with van der Waals surface area (Å²) >= 11 is 0. The van der Waals surface area contributed by atoms with Crippen molar-refractivity contribution >= 4 is 5.97 Å². The third-order valence-corrected chi connectivity index (χ3v) is 3.16. The van der Waals surface area contributed by atoms with Crippen molar-refractivity contribution in [3.05, 3.63) is 29.8 Å². The molecule has 112 valence electrons. The predicted molar refractivity (Wildman–Crippen MR) is 80.0 cm³/mol. The maximum Gasteiger partial charge on any atom is 0.304 e. The maximum absolute atomic E-state index is 10.8. The standard InChI is InChI=1S/C16H25NO3/c1-5-17(13(4)9-16(18)19)11-14-7-6-8-15(10-14)20-12(2)3/h6-8,10,12-13H,5,9,11H2,1-4H3,(H,18,19). The molecule has 20 heavy (non-hydrogen) atoms. The highest BCUT2D eigenvalue weighted by Crippen LogP contribution is 2.17. The fourth-order valence-corrected chi connectivity index (χ4v) is 2.18. The lowest BCUT2D eigenvalue weighted by molar-refractivity contribution is -0.138. The molecule has 1 unspecified atom stereocenters. The van der Waals surface area contributed by atoms with Crippen LogP contribution < -0.4 is 4.74 Å². The molecule has 1 rings (SSSR count). The van der Waals surface area contributed by atoms with Crippen molar-refractivity contribution in [3.63, 3.8) is 0 Å². The van der Waals surface area contributed by atoms with Crippen LogP contribution in [0.5, 0.6) is 5.75 Å². The summed E-state index contributed by atoms with van der Waals surface area (Å²) in [5.74, 6) is 0.104. The Labute approximate surface area is 121 Å². The van der Waals surface area contributed by atoms with Gasteiger partial charge in [0.25, 0.3) is 0 Å². The van der Waals surface area contributed by atoms with Gasteiger partial charge in [-0.25, -0.2) is 0 Å². The number of aliphatic carboxylic acids is 1. The third kappa shape index (κ3) is 5.61. The minimum absolute atomic E-state index is 0.0205. The van der Waals surface area contributed by atoms with Gasteiger partial charge in [-0.2, -0.15) is 0 Å². The molecule has 1 aromatic carbocycles. The van der Waals surface area contributed by atoms with E-state index >= 15 is 0 Å². The topological polar surface area (TPSA) is 49.8 Å². The Hall–Kier alpha value is -1.55. The van der Waals surface area contributed by atoms with Crippen molar-refractivity contribution in [1.29, 1.82) is 0 Å². The molecule has 0 aliphatic carbocycles. The largest absolute Gasteiger partial charge is 0.491 e. The average molecular weight is 279 g/mol. The molecule has 0 heterocycles. The Balaban J connectivity index is 2.71. The number of rotatable bonds is 8. The second-order valence-electron chi connectivity index (χ2n) is 5.32. The van der Waals surface area contributed by atoms with E-state index in [1.54, 1.807) is 0 Å². The van der Waals surface area contributed by atoms with Gasteiger partial charge < -0.3 is 9.84 Å². The van der Waals surface area contributed by atoms with Gasteiger partial charge in [-0.1, -0.05) is 19.1 Å². The molecule has 0 bridgehead atoms. The summed E-state index contributed by atoms with van der Waals surface area (Å²) in [5.41, 5.74) is 1.14. The van der Waals surface area contributed by atoms with Gasteiger partial charge in [-0.3, -0.25) is 9.69 Å². The van der Waals surface area contributed by atoms with Crippen LogP contribution in [0.3, 0.4) is 0 Å². The molecule has 0 spiro atoms. The summed E-state index contributed by atoms with van der Waals surface area (Å²) in [6, 6.07) is 8.01. The van der Waals surface area contributed by atoms with Crippen molar-refractivity contribution in [1.82, 2.24) is 4.90 Å². The number of ether oxygens (including phenoxy) is 1. The number of hydrogen-bond acceptors (Lipinski definition) is 3. The maximum atomic E-state index is 10.8. The van der Waals surface area contributed by atoms with E-state index in [0.717, 1.165) is 24.4 Å². The first-order valence-electron chi connectivity index (χ1n) is 7.13. The number of benzene rings is 1. The molecule has 4 heteroatoms. The summed E-state index contributed by atoms with van der Waals surface area (Å²) in [7, 11) is 0. The van der Waals surface area contributed by atoms with Crippen LogP contribution in [-0.4, -0.2) is 34.7 Å². The Morgan fingerprint density at radius 1 is 1.35 bits per heavy atom. The minimum Gasteiger partial charge on any atom is -0.491 e. The predicted octanol–water partition coefficient (Wildman–Crippen LogP) is 3.16. The Morgan fingerprint density at radius 2 is 2.05 bits per heavy atom. The normalized spacial score (nSPS) is 12.7. The van der Waals surface area contributed by atoms with Crippen LogP contribution in [0.4, 0.5) is 0 Å². The Morgan fingerprint density at radius 3 is 2.60 bits per heavy atom. The monoisotopic (exact) mass is 279 g/mol. The molecule has 1 N–H and O–H groups in total. The van der Waals surface area contributed by atoms with E-state index in [0.29, 0.717) is 0 Å². The number of carboxylic acid groups (broad SMARTS) is 1. The van der Waals surface area contributed by atoms with E-state index in [1.165, 1.54) is 0 Å². The molecule has 0 amide bonds. The zero-order valence-corrected chi connectivity index (χ0v) is 12.8. The van der Waals surface area contributed by atoms with E-state index in [2.05, 4.69) is 4.90 Å². The zero-order valence-electron chi connectivity index (χ0n) is 12.8. The molecule has 0 aromatic heterocycles. The van der Waals surface area contributed by atoms with Crippen LogP contribution >= 0.6 is 0 Å². The van der Waals surface area contributed by atoms with E-state index in [9.17, 15) is 4.79 Å². The third-order valence-electron chi connectivity index (χ3n) is 3.16. The molecule has 4 nitrogen and oxygen atoms in total. The lowest BCUT2D eigenvalue weighted by Crippen LogP contribution is -2.34. The van der Waals surface area contributed by atoms with Crippen molar-refractivity contribution in [2.45, 2.75) is 52.8 Å². The average Bonchev–Trinajstić information content (AvgIpc) is 2.34. The van der Waals surface area contributed by atoms with Crippen LogP contribution in [0.1, 0.15) is 39.7 Å². The van der Waals surface area contributed by atoms with Crippen molar-refractivity contribution in [3.8, 4) is 5.75 Å². The number of nitrogens with zero attached hydrogens (tertiary/aromatic N) is 1. The fraction of sp³-hybridized carbons (Fsp3) is 0.562. The van der Waals surface area contributed by atoms with Crippen LogP contribution in [0, 0.1) is 0 Å². The summed E-state index contributed by atoms with van der Waals surface area (Å²) < 4.78 is 5.68. The van der Waals surface area contributed by atoms with Crippen LogP contribution in [0.2, 0.25) is 0 Å². The fourth-order valence-electron chi connectivity index (χ4n) is 2.18. The Bertz CT molecular complexity index is 431. The second kappa shape index (κ2) is 7.90. The lowest BCUT2D eigenvalue weighted by atomic mass is 10.1. The molecule has 0 fully saturated rings. The van der Waals surface area contributed by atoms with Crippen molar-refractivity contribution in [2.24, 2.45) is 0 Å². The summed E-state index contributed by atoms with van der Waals surface area (Å²) in [6.07, 6.45) is 0.314. The first-order chi connectivity index (χ1) is 9.42. The Kier molecular flexibility index (Phi) is 6.52. The molecule has 0 saturated heterocycles.